The van der Waals surface area contributed by atoms with E-state index in [1.165, 1.54) is 10.9 Å². The lowest BCUT2D eigenvalue weighted by molar-refractivity contribution is 0.0857. The number of hydrogen-bond acceptors (Lipinski definition) is 5. The monoisotopic (exact) mass is 333 g/mol. The average molecular weight is 333 g/mol. The minimum Gasteiger partial charge on any atom is -0.442 e. The van der Waals surface area contributed by atoms with Gasteiger partial charge in [-0.15, -0.1) is 0 Å². The smallest absolute Gasteiger partial charge is 0.265 e. The summed E-state index contributed by atoms with van der Waals surface area (Å²) in [6.45, 7) is 7.43. The molecule has 3 rings (SSSR count). The number of amides is 1. The molecule has 1 fully saturated rings. The predicted molar refractivity (Wildman–Crippen MR) is 89.2 cm³/mol. The maximum atomic E-state index is 12.7. The first-order valence-electron chi connectivity index (χ1n) is 8.35. The highest BCUT2D eigenvalue weighted by atomic mass is 16.5. The molecule has 2 aromatic rings. The highest BCUT2D eigenvalue weighted by molar-refractivity contribution is 6.06. The van der Waals surface area contributed by atoms with Gasteiger partial charge in [0.05, 0.1) is 11.7 Å². The second-order valence-corrected chi connectivity index (χ2v) is 6.65. The third-order valence-corrected chi connectivity index (χ3v) is 4.16. The van der Waals surface area contributed by atoms with Crippen molar-refractivity contribution in [3.05, 3.63) is 28.0 Å². The van der Waals surface area contributed by atoms with E-state index in [2.05, 4.69) is 10.3 Å². The summed E-state index contributed by atoms with van der Waals surface area (Å²) in [5.41, 5.74) is 0.242. The Balaban J connectivity index is 1.92. The number of rotatable bonds is 5. The van der Waals surface area contributed by atoms with Crippen LogP contribution >= 0.6 is 0 Å². The van der Waals surface area contributed by atoms with Gasteiger partial charge >= 0.3 is 0 Å². The zero-order valence-corrected chi connectivity index (χ0v) is 14.3. The molecule has 0 saturated carbocycles. The number of carbonyl (C=O) groups excluding carboxylic acids is 1. The Hall–Kier alpha value is -2.15. The van der Waals surface area contributed by atoms with Crippen molar-refractivity contribution in [1.29, 1.82) is 0 Å². The van der Waals surface area contributed by atoms with Gasteiger partial charge < -0.3 is 14.5 Å². The quantitative estimate of drug-likeness (QED) is 0.902. The number of aryl methyl sites for hydroxylation is 1. The molecule has 7 heteroatoms. The van der Waals surface area contributed by atoms with Gasteiger partial charge in [-0.05, 0) is 25.7 Å². The summed E-state index contributed by atoms with van der Waals surface area (Å²) in [4.78, 5) is 29.5. The van der Waals surface area contributed by atoms with Crippen LogP contribution in [0.2, 0.25) is 0 Å². The molecule has 0 spiro atoms. The summed E-state index contributed by atoms with van der Waals surface area (Å²) in [7, 11) is 0. The molecule has 7 nitrogen and oxygen atoms in total. The summed E-state index contributed by atoms with van der Waals surface area (Å²) in [5.74, 6) is 0.386. The highest BCUT2D eigenvalue weighted by Gasteiger charge is 2.24. The second kappa shape index (κ2) is 6.76. The number of aromatic nitrogens is 2. The van der Waals surface area contributed by atoms with Crippen LogP contribution in [-0.4, -0.2) is 34.7 Å². The van der Waals surface area contributed by atoms with E-state index in [0.717, 1.165) is 19.4 Å². The number of fused-ring (bicyclic) bond motifs is 1. The first-order valence-corrected chi connectivity index (χ1v) is 8.35. The molecule has 0 aliphatic carbocycles. The first kappa shape index (κ1) is 16.7. The van der Waals surface area contributed by atoms with Crippen LogP contribution in [0.3, 0.4) is 0 Å². The normalized spacial score (nSPS) is 17.8. The van der Waals surface area contributed by atoms with Crippen LogP contribution in [0.15, 0.2) is 15.5 Å². The van der Waals surface area contributed by atoms with Gasteiger partial charge in [0.1, 0.15) is 17.5 Å². The number of ether oxygens (including phenoxy) is 1. The molecule has 0 bridgehead atoms. The summed E-state index contributed by atoms with van der Waals surface area (Å²) in [5, 5.41) is 3.10. The fraction of sp³-hybridized carbons (Fsp3) is 0.588. The van der Waals surface area contributed by atoms with Crippen LogP contribution < -0.4 is 10.9 Å². The van der Waals surface area contributed by atoms with E-state index in [1.54, 1.807) is 6.92 Å². The molecule has 1 amide bonds. The molecule has 0 aromatic carbocycles. The third-order valence-electron chi connectivity index (χ3n) is 4.16. The number of carbonyl (C=O) groups is 1. The minimum atomic E-state index is -0.317. The van der Waals surface area contributed by atoms with Crippen molar-refractivity contribution < 1.29 is 13.9 Å². The van der Waals surface area contributed by atoms with Crippen molar-refractivity contribution in [3.63, 3.8) is 0 Å². The van der Waals surface area contributed by atoms with Gasteiger partial charge in [0.25, 0.3) is 11.5 Å². The van der Waals surface area contributed by atoms with Gasteiger partial charge in [-0.1, -0.05) is 13.8 Å². The SMILES string of the molecule is Cc1oc2ncn(CC(C)C)c(=O)c2c1C(=O)NC[C@@H]1CCCO1. The Morgan fingerprint density at radius 1 is 1.50 bits per heavy atom. The van der Waals surface area contributed by atoms with Gasteiger partial charge in [0.2, 0.25) is 5.71 Å². The van der Waals surface area contributed by atoms with E-state index >= 15 is 0 Å². The molecule has 0 unspecified atom stereocenters. The Bertz CT molecular complexity index is 800. The van der Waals surface area contributed by atoms with Crippen LogP contribution in [-0.2, 0) is 11.3 Å². The summed E-state index contributed by atoms with van der Waals surface area (Å²) in [6.07, 6.45) is 3.47. The Morgan fingerprint density at radius 3 is 2.96 bits per heavy atom. The molecule has 1 saturated heterocycles. The Labute approximate surface area is 140 Å². The van der Waals surface area contributed by atoms with E-state index in [9.17, 15) is 9.59 Å². The standard InChI is InChI=1S/C17H23N3O4/c1-10(2)8-20-9-19-16-14(17(20)22)13(11(3)24-16)15(21)18-7-12-5-4-6-23-12/h9-10,12H,4-8H2,1-3H3,(H,18,21)/t12-/m0/s1. The molecule has 24 heavy (non-hydrogen) atoms. The minimum absolute atomic E-state index is 0.0446. The molecule has 3 heterocycles. The van der Waals surface area contributed by atoms with Crippen LogP contribution in [0, 0.1) is 12.8 Å². The topological polar surface area (TPSA) is 86.4 Å². The third kappa shape index (κ3) is 3.21. The fourth-order valence-electron chi connectivity index (χ4n) is 3.03. The summed E-state index contributed by atoms with van der Waals surface area (Å²) < 4.78 is 12.6. The van der Waals surface area contributed by atoms with E-state index < -0.39 is 0 Å². The largest absolute Gasteiger partial charge is 0.442 e. The van der Waals surface area contributed by atoms with Crippen molar-refractivity contribution in [2.24, 2.45) is 5.92 Å². The van der Waals surface area contributed by atoms with Crippen LogP contribution in [0.25, 0.3) is 11.1 Å². The van der Waals surface area contributed by atoms with Crippen molar-refractivity contribution in [2.75, 3.05) is 13.2 Å². The molecular weight excluding hydrogens is 310 g/mol. The van der Waals surface area contributed by atoms with Crippen molar-refractivity contribution in [2.45, 2.75) is 46.3 Å². The summed E-state index contributed by atoms with van der Waals surface area (Å²) >= 11 is 0. The van der Waals surface area contributed by atoms with Gasteiger partial charge in [-0.25, -0.2) is 4.98 Å². The molecule has 0 radical (unpaired) electrons. The first-order chi connectivity index (χ1) is 11.5. The zero-order chi connectivity index (χ0) is 17.3. The summed E-state index contributed by atoms with van der Waals surface area (Å²) in [6, 6.07) is 0. The highest BCUT2D eigenvalue weighted by Crippen LogP contribution is 2.21. The van der Waals surface area contributed by atoms with Gasteiger partial charge in [-0.3, -0.25) is 14.2 Å². The average Bonchev–Trinajstić information content (AvgIpc) is 3.14. The van der Waals surface area contributed by atoms with Gasteiger partial charge in [0.15, 0.2) is 0 Å². The maximum absolute atomic E-state index is 12.7. The Kier molecular flexibility index (Phi) is 4.71. The van der Waals surface area contributed by atoms with E-state index in [-0.39, 0.29) is 34.2 Å². The number of furan rings is 1. The Morgan fingerprint density at radius 2 is 2.29 bits per heavy atom. The molecule has 1 N–H and O–H groups in total. The lowest BCUT2D eigenvalue weighted by atomic mass is 10.1. The number of nitrogens with one attached hydrogen (secondary N) is 1. The number of nitrogens with zero attached hydrogens (tertiary/aromatic N) is 2. The van der Waals surface area contributed by atoms with Crippen LogP contribution in [0.5, 0.6) is 0 Å². The molecule has 2 aromatic heterocycles. The molecule has 1 aliphatic rings. The second-order valence-electron chi connectivity index (χ2n) is 6.65. The van der Waals surface area contributed by atoms with Crippen molar-refractivity contribution in [1.82, 2.24) is 14.9 Å². The molecule has 1 aliphatic heterocycles. The van der Waals surface area contributed by atoms with Crippen LogP contribution in [0.1, 0.15) is 42.8 Å². The van der Waals surface area contributed by atoms with Gasteiger partial charge in [0, 0.05) is 19.7 Å². The van der Waals surface area contributed by atoms with Crippen molar-refractivity contribution in [3.8, 4) is 0 Å². The van der Waals surface area contributed by atoms with Crippen LogP contribution in [0.4, 0.5) is 0 Å². The lowest BCUT2D eigenvalue weighted by Crippen LogP contribution is -2.33. The lowest BCUT2D eigenvalue weighted by Gasteiger charge is -2.11. The molecule has 130 valence electrons. The van der Waals surface area contributed by atoms with E-state index in [4.69, 9.17) is 9.15 Å². The number of hydrogen-bond donors (Lipinski definition) is 1. The predicted octanol–water partition coefficient (Wildman–Crippen LogP) is 1.86. The fourth-order valence-corrected chi connectivity index (χ4v) is 3.03. The van der Waals surface area contributed by atoms with E-state index in [0.29, 0.717) is 24.8 Å². The van der Waals surface area contributed by atoms with Crippen molar-refractivity contribution >= 4 is 17.0 Å². The van der Waals surface area contributed by atoms with E-state index in [1.807, 2.05) is 13.8 Å². The molecule has 1 atom stereocenters. The molecular formula is C17H23N3O4. The van der Waals surface area contributed by atoms with Gasteiger partial charge in [-0.2, -0.15) is 0 Å². The maximum Gasteiger partial charge on any atom is 0.265 e. The zero-order valence-electron chi connectivity index (χ0n) is 14.3.